The van der Waals surface area contributed by atoms with Gasteiger partial charge in [0.1, 0.15) is 11.5 Å². The molecule has 0 saturated heterocycles. The third-order valence-electron chi connectivity index (χ3n) is 5.81. The van der Waals surface area contributed by atoms with Crippen molar-refractivity contribution in [2.45, 2.75) is 66.3 Å². The number of hydrogen-bond acceptors (Lipinski definition) is 7. The van der Waals surface area contributed by atoms with E-state index in [0.29, 0.717) is 28.6 Å². The number of fused-ring (bicyclic) bond motifs is 1. The maximum Gasteiger partial charge on any atom is 0.341 e. The SMILES string of the molecule is CCOC(=O)c1c(NC(=O)Cn2c(-n3nc(C)cc3C)nc(CC)cc2=O)sc2c1CCCC2. The molecule has 0 atom stereocenters. The van der Waals surface area contributed by atoms with E-state index >= 15 is 0 Å². The summed E-state index contributed by atoms with van der Waals surface area (Å²) < 4.78 is 8.16. The number of anilines is 1. The van der Waals surface area contributed by atoms with E-state index in [1.807, 2.05) is 26.8 Å². The Morgan fingerprint density at radius 2 is 1.94 bits per heavy atom. The Kier molecular flexibility index (Phi) is 6.97. The minimum Gasteiger partial charge on any atom is -0.462 e. The molecule has 0 unspecified atom stereocenters. The summed E-state index contributed by atoms with van der Waals surface area (Å²) >= 11 is 1.42. The summed E-state index contributed by atoms with van der Waals surface area (Å²) in [6.07, 6.45) is 4.31. The van der Waals surface area contributed by atoms with Crippen molar-refractivity contribution in [3.8, 4) is 5.95 Å². The van der Waals surface area contributed by atoms with Crippen molar-refractivity contribution in [1.82, 2.24) is 19.3 Å². The molecule has 4 rings (SSSR count). The van der Waals surface area contributed by atoms with Crippen LogP contribution in [0.3, 0.4) is 0 Å². The molecule has 3 aromatic heterocycles. The molecule has 1 aliphatic rings. The first-order chi connectivity index (χ1) is 16.3. The van der Waals surface area contributed by atoms with Crippen LogP contribution in [-0.2, 0) is 35.3 Å². The number of rotatable bonds is 7. The lowest BCUT2D eigenvalue weighted by molar-refractivity contribution is -0.116. The minimum absolute atomic E-state index is 0.256. The Morgan fingerprint density at radius 3 is 2.62 bits per heavy atom. The molecule has 1 N–H and O–H groups in total. The van der Waals surface area contributed by atoms with E-state index in [4.69, 9.17) is 4.74 Å². The Morgan fingerprint density at radius 1 is 1.18 bits per heavy atom. The topological polar surface area (TPSA) is 108 Å². The largest absolute Gasteiger partial charge is 0.462 e. The molecule has 0 aromatic carbocycles. The van der Waals surface area contributed by atoms with Crippen LogP contribution in [0.25, 0.3) is 5.95 Å². The molecule has 0 spiro atoms. The monoisotopic (exact) mass is 483 g/mol. The fourth-order valence-corrected chi connectivity index (χ4v) is 5.54. The molecular weight excluding hydrogens is 454 g/mol. The summed E-state index contributed by atoms with van der Waals surface area (Å²) in [5, 5.41) is 7.81. The molecule has 0 aliphatic heterocycles. The van der Waals surface area contributed by atoms with Gasteiger partial charge in [-0.15, -0.1) is 11.3 Å². The van der Waals surface area contributed by atoms with Gasteiger partial charge in [0.25, 0.3) is 5.56 Å². The first kappa shape index (κ1) is 23.9. The Hall–Kier alpha value is -3.27. The second-order valence-electron chi connectivity index (χ2n) is 8.35. The average Bonchev–Trinajstić information content (AvgIpc) is 3.33. The van der Waals surface area contributed by atoms with Crippen molar-refractivity contribution in [2.75, 3.05) is 11.9 Å². The first-order valence-corrected chi connectivity index (χ1v) is 12.4. The van der Waals surface area contributed by atoms with Gasteiger partial charge in [-0.05, 0) is 64.5 Å². The van der Waals surface area contributed by atoms with Gasteiger partial charge >= 0.3 is 5.97 Å². The second kappa shape index (κ2) is 9.92. The van der Waals surface area contributed by atoms with Gasteiger partial charge in [0.15, 0.2) is 0 Å². The molecule has 0 fully saturated rings. The molecule has 10 heteroatoms. The zero-order chi connectivity index (χ0) is 24.4. The lowest BCUT2D eigenvalue weighted by Gasteiger charge is -2.14. The van der Waals surface area contributed by atoms with E-state index in [1.54, 1.807) is 11.6 Å². The number of hydrogen-bond donors (Lipinski definition) is 1. The van der Waals surface area contributed by atoms with Crippen molar-refractivity contribution in [2.24, 2.45) is 0 Å². The van der Waals surface area contributed by atoms with Crippen molar-refractivity contribution >= 4 is 28.2 Å². The Labute approximate surface area is 201 Å². The van der Waals surface area contributed by atoms with Crippen molar-refractivity contribution in [1.29, 1.82) is 0 Å². The number of aryl methyl sites for hydroxylation is 4. The number of nitrogens with one attached hydrogen (secondary N) is 1. The van der Waals surface area contributed by atoms with Gasteiger partial charge in [-0.2, -0.15) is 5.10 Å². The Balaban J connectivity index is 1.68. The number of ether oxygens (including phenoxy) is 1. The van der Waals surface area contributed by atoms with Crippen LogP contribution >= 0.6 is 11.3 Å². The zero-order valence-corrected chi connectivity index (χ0v) is 20.8. The quantitative estimate of drug-likeness (QED) is 0.516. The number of esters is 1. The van der Waals surface area contributed by atoms with E-state index in [1.165, 1.54) is 22.0 Å². The number of thiophene rings is 1. The molecule has 3 aromatic rings. The van der Waals surface area contributed by atoms with E-state index < -0.39 is 11.9 Å². The predicted octanol–water partition coefficient (Wildman–Crippen LogP) is 3.36. The van der Waals surface area contributed by atoms with Crippen LogP contribution in [0.15, 0.2) is 16.9 Å². The van der Waals surface area contributed by atoms with Crippen molar-refractivity contribution < 1.29 is 14.3 Å². The van der Waals surface area contributed by atoms with Crippen LogP contribution < -0.4 is 10.9 Å². The third kappa shape index (κ3) is 4.68. The highest BCUT2D eigenvalue weighted by Gasteiger charge is 2.27. The van der Waals surface area contributed by atoms with Crippen LogP contribution in [-0.4, -0.2) is 37.8 Å². The molecule has 9 nitrogen and oxygen atoms in total. The third-order valence-corrected chi connectivity index (χ3v) is 7.02. The van der Waals surface area contributed by atoms with E-state index in [0.717, 1.165) is 47.5 Å². The van der Waals surface area contributed by atoms with E-state index in [9.17, 15) is 14.4 Å². The number of carbonyl (C=O) groups excluding carboxylic acids is 2. The molecule has 0 saturated carbocycles. The molecule has 1 aliphatic carbocycles. The number of aromatic nitrogens is 4. The fraction of sp³-hybridized carbons (Fsp3) is 0.458. The summed E-state index contributed by atoms with van der Waals surface area (Å²) in [6, 6.07) is 3.33. The number of carbonyl (C=O) groups is 2. The summed E-state index contributed by atoms with van der Waals surface area (Å²) in [5.74, 6) is -0.548. The molecule has 1 amide bonds. The number of nitrogens with zero attached hydrogens (tertiary/aromatic N) is 4. The van der Waals surface area contributed by atoms with Crippen LogP contribution in [0.5, 0.6) is 0 Å². The minimum atomic E-state index is -0.424. The zero-order valence-electron chi connectivity index (χ0n) is 19.9. The highest BCUT2D eigenvalue weighted by atomic mass is 32.1. The first-order valence-electron chi connectivity index (χ1n) is 11.6. The molecule has 180 valence electrons. The van der Waals surface area contributed by atoms with Gasteiger partial charge in [-0.1, -0.05) is 6.92 Å². The maximum atomic E-state index is 13.1. The van der Waals surface area contributed by atoms with Crippen LogP contribution in [0.2, 0.25) is 0 Å². The van der Waals surface area contributed by atoms with Gasteiger partial charge < -0.3 is 10.1 Å². The maximum absolute atomic E-state index is 13.1. The summed E-state index contributed by atoms with van der Waals surface area (Å²) in [6.45, 7) is 7.41. The van der Waals surface area contributed by atoms with Crippen LogP contribution in [0.1, 0.15) is 64.6 Å². The molecule has 34 heavy (non-hydrogen) atoms. The lowest BCUT2D eigenvalue weighted by Crippen LogP contribution is -2.32. The van der Waals surface area contributed by atoms with Gasteiger partial charge in [0, 0.05) is 22.3 Å². The highest BCUT2D eigenvalue weighted by Crippen LogP contribution is 2.38. The van der Waals surface area contributed by atoms with Gasteiger partial charge in [0.05, 0.1) is 17.9 Å². The predicted molar refractivity (Wildman–Crippen MR) is 130 cm³/mol. The standard InChI is InChI=1S/C24H29N5O4S/c1-5-16-12-20(31)28(24(25-16)29-15(4)11-14(3)27-29)13-19(30)26-22-21(23(32)33-6-2)17-9-7-8-10-18(17)34-22/h11-12H,5-10,13H2,1-4H3,(H,26,30). The van der Waals surface area contributed by atoms with Crippen LogP contribution in [0, 0.1) is 13.8 Å². The van der Waals surface area contributed by atoms with E-state index in [2.05, 4.69) is 15.4 Å². The normalized spacial score (nSPS) is 12.9. The molecule has 0 bridgehead atoms. The highest BCUT2D eigenvalue weighted by molar-refractivity contribution is 7.17. The van der Waals surface area contributed by atoms with Crippen molar-refractivity contribution in [3.63, 3.8) is 0 Å². The molecule has 0 radical (unpaired) electrons. The van der Waals surface area contributed by atoms with Gasteiger partial charge in [-0.25, -0.2) is 14.5 Å². The van der Waals surface area contributed by atoms with Gasteiger partial charge in [0.2, 0.25) is 11.9 Å². The smallest absolute Gasteiger partial charge is 0.341 e. The van der Waals surface area contributed by atoms with Gasteiger partial charge in [-0.3, -0.25) is 14.2 Å². The lowest BCUT2D eigenvalue weighted by atomic mass is 9.95. The summed E-state index contributed by atoms with van der Waals surface area (Å²) in [7, 11) is 0. The average molecular weight is 484 g/mol. The summed E-state index contributed by atoms with van der Waals surface area (Å²) in [5.41, 5.74) is 3.30. The fourth-order valence-electron chi connectivity index (χ4n) is 4.25. The number of amides is 1. The molecular formula is C24H29N5O4S. The molecule has 3 heterocycles. The van der Waals surface area contributed by atoms with Crippen molar-refractivity contribution in [3.05, 3.63) is 55.6 Å². The second-order valence-corrected chi connectivity index (χ2v) is 9.45. The summed E-state index contributed by atoms with van der Waals surface area (Å²) in [4.78, 5) is 44.5. The van der Waals surface area contributed by atoms with E-state index in [-0.39, 0.29) is 18.7 Å². The van der Waals surface area contributed by atoms with Crippen LogP contribution in [0.4, 0.5) is 5.00 Å². The Bertz CT molecular complexity index is 1300.